The number of carbonyl (C=O) groups excluding carboxylic acids is 1. The van der Waals surface area contributed by atoms with Gasteiger partial charge in [0.25, 0.3) is 0 Å². The van der Waals surface area contributed by atoms with Gasteiger partial charge in [-0.05, 0) is 36.4 Å². The molecule has 0 aliphatic carbocycles. The van der Waals surface area contributed by atoms with Crippen LogP contribution in [-0.2, 0) is 11.3 Å². The lowest BCUT2D eigenvalue weighted by Crippen LogP contribution is -2.21. The van der Waals surface area contributed by atoms with Crippen LogP contribution in [0.5, 0.6) is 5.75 Å². The molecule has 0 atom stereocenters. The number of hydrogen-bond acceptors (Lipinski definition) is 4. The van der Waals surface area contributed by atoms with Crippen LogP contribution in [0.15, 0.2) is 48.5 Å². The molecule has 0 radical (unpaired) electrons. The lowest BCUT2D eigenvalue weighted by Gasteiger charge is -2.12. The van der Waals surface area contributed by atoms with Gasteiger partial charge in [-0.1, -0.05) is 23.7 Å². The van der Waals surface area contributed by atoms with Crippen molar-refractivity contribution in [3.05, 3.63) is 65.1 Å². The van der Waals surface area contributed by atoms with Crippen LogP contribution in [0.2, 0.25) is 5.02 Å². The number of alkyl halides is 3. The van der Waals surface area contributed by atoms with Gasteiger partial charge in [-0.25, -0.2) is 9.07 Å². The molecule has 2 aromatic carbocycles. The van der Waals surface area contributed by atoms with Gasteiger partial charge < -0.3 is 10.1 Å². The van der Waals surface area contributed by atoms with Gasteiger partial charge in [0.1, 0.15) is 11.6 Å². The van der Waals surface area contributed by atoms with Gasteiger partial charge in [-0.2, -0.15) is 5.10 Å². The summed E-state index contributed by atoms with van der Waals surface area (Å²) in [7, 11) is 0. The molecule has 0 bridgehead atoms. The highest BCUT2D eigenvalue weighted by atomic mass is 35.5. The highest BCUT2D eigenvalue weighted by Gasteiger charge is 2.31. The van der Waals surface area contributed by atoms with Crippen LogP contribution in [-0.4, -0.2) is 40.2 Å². The molecule has 4 rings (SSSR count). The maximum atomic E-state index is 13.6. The maximum absolute atomic E-state index is 13.6. The van der Waals surface area contributed by atoms with Crippen molar-refractivity contribution in [2.45, 2.75) is 12.9 Å². The molecule has 1 N–H and O–H groups in total. The number of aromatic nitrogens is 2. The third-order valence-corrected chi connectivity index (χ3v) is 4.81. The summed E-state index contributed by atoms with van der Waals surface area (Å²) in [5, 5.41) is 7.08. The molecule has 162 valence electrons. The zero-order valence-corrected chi connectivity index (χ0v) is 16.5. The Hall–Kier alpha value is -3.11. The third-order valence-electron chi connectivity index (χ3n) is 4.52. The summed E-state index contributed by atoms with van der Waals surface area (Å²) in [6.07, 6.45) is -4.83. The van der Waals surface area contributed by atoms with Gasteiger partial charge in [0.05, 0.1) is 35.3 Å². The van der Waals surface area contributed by atoms with E-state index in [0.717, 1.165) is 0 Å². The molecule has 3 aromatic rings. The van der Waals surface area contributed by atoms with Crippen LogP contribution < -0.4 is 10.1 Å². The lowest BCUT2D eigenvalue weighted by atomic mass is 10.1. The van der Waals surface area contributed by atoms with Crippen molar-refractivity contribution >= 4 is 17.5 Å². The SMILES string of the molecule is O=C1CN(Cc2cc(-c3cccc(OC(F)(F)F)c3)n(-c3ccc(F)c(Cl)c3)n2)CN1. The smallest absolute Gasteiger partial charge is 0.406 e. The molecule has 1 fully saturated rings. The summed E-state index contributed by atoms with van der Waals surface area (Å²) in [5.41, 5.74) is 1.83. The number of rotatable bonds is 5. The Morgan fingerprint density at radius 3 is 2.65 bits per heavy atom. The molecular weight excluding hydrogens is 440 g/mol. The first-order valence-electron chi connectivity index (χ1n) is 9.07. The first kappa shape index (κ1) is 21.1. The molecule has 31 heavy (non-hydrogen) atoms. The largest absolute Gasteiger partial charge is 0.573 e. The van der Waals surface area contributed by atoms with Crippen molar-refractivity contribution in [3.8, 4) is 22.7 Å². The highest BCUT2D eigenvalue weighted by molar-refractivity contribution is 6.30. The first-order valence-corrected chi connectivity index (χ1v) is 9.45. The second-order valence-electron chi connectivity index (χ2n) is 6.85. The van der Waals surface area contributed by atoms with Gasteiger partial charge in [0.15, 0.2) is 0 Å². The van der Waals surface area contributed by atoms with Crippen LogP contribution in [0.4, 0.5) is 17.6 Å². The number of nitrogens with zero attached hydrogens (tertiary/aromatic N) is 3. The molecule has 11 heteroatoms. The van der Waals surface area contributed by atoms with Crippen LogP contribution >= 0.6 is 11.6 Å². The molecule has 0 spiro atoms. The minimum Gasteiger partial charge on any atom is -0.406 e. The summed E-state index contributed by atoms with van der Waals surface area (Å²) in [6.45, 7) is 0.893. The Balaban J connectivity index is 1.75. The van der Waals surface area contributed by atoms with Crippen molar-refractivity contribution in [1.29, 1.82) is 0 Å². The van der Waals surface area contributed by atoms with Crippen LogP contribution in [0, 0.1) is 5.82 Å². The Morgan fingerprint density at radius 2 is 1.97 bits per heavy atom. The Kier molecular flexibility index (Phi) is 5.59. The number of nitrogens with one attached hydrogen (secondary N) is 1. The van der Waals surface area contributed by atoms with E-state index in [1.54, 1.807) is 12.1 Å². The predicted molar refractivity (Wildman–Crippen MR) is 104 cm³/mol. The van der Waals surface area contributed by atoms with Crippen LogP contribution in [0.3, 0.4) is 0 Å². The molecule has 1 saturated heterocycles. The fourth-order valence-electron chi connectivity index (χ4n) is 3.23. The standard InChI is InChI=1S/C20H15ClF4N4O2/c21-16-8-14(4-5-17(16)22)29-18(7-13(27-29)9-28-10-19(30)26-11-28)12-2-1-3-15(6-12)31-20(23,24)25/h1-8H,9-11H2,(H,26,30). The van der Waals surface area contributed by atoms with E-state index in [2.05, 4.69) is 15.2 Å². The Morgan fingerprint density at radius 1 is 1.16 bits per heavy atom. The predicted octanol–water partition coefficient (Wildman–Crippen LogP) is 4.12. The number of amides is 1. The molecule has 1 aliphatic heterocycles. The summed E-state index contributed by atoms with van der Waals surface area (Å²) < 4.78 is 57.0. The minimum absolute atomic E-state index is 0.109. The van der Waals surface area contributed by atoms with E-state index in [4.69, 9.17) is 11.6 Å². The highest BCUT2D eigenvalue weighted by Crippen LogP contribution is 2.31. The van der Waals surface area contributed by atoms with Gasteiger partial charge in [-0.15, -0.1) is 13.2 Å². The Labute approximate surface area is 179 Å². The van der Waals surface area contributed by atoms with Crippen molar-refractivity contribution in [1.82, 2.24) is 20.0 Å². The normalized spacial score (nSPS) is 14.7. The molecule has 1 amide bonds. The molecule has 0 saturated carbocycles. The molecule has 1 aliphatic rings. The van der Waals surface area contributed by atoms with Crippen molar-refractivity contribution < 1.29 is 27.1 Å². The van der Waals surface area contributed by atoms with Crippen LogP contribution in [0.25, 0.3) is 16.9 Å². The summed E-state index contributed by atoms with van der Waals surface area (Å²) >= 11 is 5.91. The second-order valence-corrected chi connectivity index (χ2v) is 7.26. The quantitative estimate of drug-likeness (QED) is 0.589. The van der Waals surface area contributed by atoms with E-state index in [0.29, 0.717) is 35.9 Å². The molecule has 6 nitrogen and oxygen atoms in total. The fourth-order valence-corrected chi connectivity index (χ4v) is 3.41. The van der Waals surface area contributed by atoms with E-state index in [9.17, 15) is 22.4 Å². The monoisotopic (exact) mass is 454 g/mol. The fraction of sp³-hybridized carbons (Fsp3) is 0.200. The number of halogens is 5. The van der Waals surface area contributed by atoms with E-state index in [-0.39, 0.29) is 23.2 Å². The van der Waals surface area contributed by atoms with Gasteiger partial charge in [-0.3, -0.25) is 9.69 Å². The van der Waals surface area contributed by atoms with E-state index in [1.165, 1.54) is 41.1 Å². The lowest BCUT2D eigenvalue weighted by molar-refractivity contribution is -0.274. The number of carbonyl (C=O) groups is 1. The molecule has 1 aromatic heterocycles. The van der Waals surface area contributed by atoms with Crippen molar-refractivity contribution in [2.24, 2.45) is 0 Å². The number of ether oxygens (including phenoxy) is 1. The minimum atomic E-state index is -4.83. The number of benzene rings is 2. The molecule has 0 unspecified atom stereocenters. The third kappa shape index (κ3) is 4.97. The molecular formula is C20H15ClF4N4O2. The van der Waals surface area contributed by atoms with Gasteiger partial charge in [0, 0.05) is 12.1 Å². The zero-order valence-electron chi connectivity index (χ0n) is 15.8. The van der Waals surface area contributed by atoms with Gasteiger partial charge >= 0.3 is 6.36 Å². The summed E-state index contributed by atoms with van der Waals surface area (Å²) in [5.74, 6) is -1.10. The van der Waals surface area contributed by atoms with Crippen LogP contribution in [0.1, 0.15) is 5.69 Å². The van der Waals surface area contributed by atoms with E-state index < -0.39 is 12.2 Å². The first-order chi connectivity index (χ1) is 14.7. The average molecular weight is 455 g/mol. The van der Waals surface area contributed by atoms with Gasteiger partial charge in [0.2, 0.25) is 5.91 Å². The van der Waals surface area contributed by atoms with E-state index in [1.807, 2.05) is 4.90 Å². The van der Waals surface area contributed by atoms with Crippen molar-refractivity contribution in [2.75, 3.05) is 13.2 Å². The van der Waals surface area contributed by atoms with Crippen molar-refractivity contribution in [3.63, 3.8) is 0 Å². The Bertz CT molecular complexity index is 1130. The van der Waals surface area contributed by atoms with E-state index >= 15 is 0 Å². The second kappa shape index (κ2) is 8.20. The maximum Gasteiger partial charge on any atom is 0.573 e. The zero-order chi connectivity index (χ0) is 22.2. The summed E-state index contributed by atoms with van der Waals surface area (Å²) in [4.78, 5) is 13.3. The average Bonchev–Trinajstić information content (AvgIpc) is 3.29. The summed E-state index contributed by atoms with van der Waals surface area (Å²) in [6, 6.07) is 11.1. The number of hydrogen-bond donors (Lipinski definition) is 1. The topological polar surface area (TPSA) is 59.4 Å². The molecule has 2 heterocycles.